The second kappa shape index (κ2) is 7.49. The van der Waals surface area contributed by atoms with Gasteiger partial charge in [0.05, 0.1) is 27.4 Å². The standard InChI is InChI=1S/C21H16N2O8S2/c1-10-4-2-3-5-14(10)23-15-9-16(33(29,30)31)19(22)18-17(15)21(25)13-8-11(32(26,27)28)6-7-12(13)20(18)24/h2-9,23H,22H2,1H3,(H,26,27,28)(H,29,30,31). The van der Waals surface area contributed by atoms with Crippen LogP contribution in [0.1, 0.15) is 37.4 Å². The molecule has 1 aliphatic rings. The van der Waals surface area contributed by atoms with Gasteiger partial charge in [-0.05, 0) is 42.8 Å². The second-order valence-electron chi connectivity index (χ2n) is 7.34. The molecule has 1 aliphatic carbocycles. The molecule has 0 radical (unpaired) electrons. The van der Waals surface area contributed by atoms with Gasteiger partial charge in [0.2, 0.25) is 0 Å². The number of carbonyl (C=O) groups excluding carboxylic acids is 2. The van der Waals surface area contributed by atoms with Crippen molar-refractivity contribution in [2.75, 3.05) is 11.1 Å². The molecule has 0 spiro atoms. The molecular formula is C21H16N2O8S2. The molecule has 0 aliphatic heterocycles. The van der Waals surface area contributed by atoms with Crippen LogP contribution in [0.15, 0.2) is 58.3 Å². The van der Waals surface area contributed by atoms with Gasteiger partial charge in [-0.25, -0.2) is 0 Å². The van der Waals surface area contributed by atoms with Crippen molar-refractivity contribution >= 4 is 48.9 Å². The fourth-order valence-electron chi connectivity index (χ4n) is 3.65. The zero-order valence-corrected chi connectivity index (χ0v) is 18.5. The lowest BCUT2D eigenvalue weighted by molar-refractivity contribution is 0.0980. The largest absolute Gasteiger partial charge is 0.397 e. The molecule has 0 fully saturated rings. The predicted octanol–water partition coefficient (Wildman–Crippen LogP) is 2.59. The molecule has 0 saturated heterocycles. The van der Waals surface area contributed by atoms with Gasteiger partial charge >= 0.3 is 0 Å². The van der Waals surface area contributed by atoms with Crippen molar-refractivity contribution in [3.05, 3.63) is 76.3 Å². The van der Waals surface area contributed by atoms with Crippen LogP contribution < -0.4 is 11.1 Å². The number of nitrogens with one attached hydrogen (secondary N) is 1. The fraction of sp³-hybridized carbons (Fsp3) is 0.0476. The maximum absolute atomic E-state index is 13.4. The fourth-order valence-corrected chi connectivity index (χ4v) is 4.81. The number of nitrogen functional groups attached to an aromatic ring is 1. The van der Waals surface area contributed by atoms with Gasteiger partial charge in [-0.3, -0.25) is 18.7 Å². The van der Waals surface area contributed by atoms with Crippen LogP contribution in [-0.4, -0.2) is 37.5 Å². The third kappa shape index (κ3) is 3.78. The Balaban J connectivity index is 2.05. The monoisotopic (exact) mass is 488 g/mol. The zero-order valence-electron chi connectivity index (χ0n) is 16.9. The van der Waals surface area contributed by atoms with Crippen molar-refractivity contribution in [1.82, 2.24) is 0 Å². The van der Waals surface area contributed by atoms with Gasteiger partial charge in [-0.2, -0.15) is 16.8 Å². The Labute approximate surface area is 188 Å². The van der Waals surface area contributed by atoms with Crippen LogP contribution in [0.25, 0.3) is 0 Å². The normalized spacial score (nSPS) is 13.4. The second-order valence-corrected chi connectivity index (χ2v) is 10.2. The van der Waals surface area contributed by atoms with E-state index in [1.807, 2.05) is 0 Å². The summed E-state index contributed by atoms with van der Waals surface area (Å²) >= 11 is 0. The van der Waals surface area contributed by atoms with E-state index in [9.17, 15) is 35.5 Å². The molecule has 0 aromatic heterocycles. The number of hydrogen-bond donors (Lipinski definition) is 4. The summed E-state index contributed by atoms with van der Waals surface area (Å²) in [6.45, 7) is 1.75. The van der Waals surface area contributed by atoms with Gasteiger partial charge < -0.3 is 11.1 Å². The maximum atomic E-state index is 13.4. The third-order valence-corrected chi connectivity index (χ3v) is 7.00. The van der Waals surface area contributed by atoms with E-state index in [0.29, 0.717) is 5.69 Å². The Morgan fingerprint density at radius 2 is 1.42 bits per heavy atom. The molecular weight excluding hydrogens is 472 g/mol. The molecule has 33 heavy (non-hydrogen) atoms. The molecule has 12 heteroatoms. The van der Waals surface area contributed by atoms with Crippen molar-refractivity contribution in [3.8, 4) is 0 Å². The SMILES string of the molecule is Cc1ccccc1Nc1cc(S(=O)(=O)O)c(N)c2c1C(=O)c1cc(S(=O)(=O)O)ccc1C2=O. The summed E-state index contributed by atoms with van der Waals surface area (Å²) in [5, 5.41) is 2.89. The first-order valence-electron chi connectivity index (χ1n) is 9.28. The number of aryl methyl sites for hydroxylation is 1. The van der Waals surface area contributed by atoms with Crippen molar-refractivity contribution in [3.63, 3.8) is 0 Å². The van der Waals surface area contributed by atoms with Crippen LogP contribution in [0.2, 0.25) is 0 Å². The van der Waals surface area contributed by atoms with Crippen LogP contribution in [0.5, 0.6) is 0 Å². The van der Waals surface area contributed by atoms with Gasteiger partial charge in [-0.1, -0.05) is 18.2 Å². The molecule has 4 rings (SSSR count). The van der Waals surface area contributed by atoms with Gasteiger partial charge in [0.15, 0.2) is 11.6 Å². The number of rotatable bonds is 4. The van der Waals surface area contributed by atoms with Crippen molar-refractivity contribution in [2.24, 2.45) is 0 Å². The Bertz CT molecular complexity index is 1590. The van der Waals surface area contributed by atoms with Crippen LogP contribution in [-0.2, 0) is 20.2 Å². The topological polar surface area (TPSA) is 181 Å². The third-order valence-electron chi connectivity index (χ3n) is 5.25. The van der Waals surface area contributed by atoms with Crippen molar-refractivity contribution in [2.45, 2.75) is 16.7 Å². The predicted molar refractivity (Wildman–Crippen MR) is 118 cm³/mol. The summed E-state index contributed by atoms with van der Waals surface area (Å²) in [6, 6.07) is 10.6. The lowest BCUT2D eigenvalue weighted by Gasteiger charge is -2.24. The minimum atomic E-state index is -4.88. The first-order chi connectivity index (χ1) is 15.3. The van der Waals surface area contributed by atoms with Crippen LogP contribution in [0.4, 0.5) is 17.1 Å². The Hall–Kier alpha value is -3.58. The van der Waals surface area contributed by atoms with E-state index in [4.69, 9.17) is 5.73 Å². The number of hydrogen-bond acceptors (Lipinski definition) is 8. The first kappa shape index (κ1) is 22.6. The van der Waals surface area contributed by atoms with E-state index in [1.54, 1.807) is 31.2 Å². The molecule has 170 valence electrons. The van der Waals surface area contributed by atoms with E-state index in [-0.39, 0.29) is 22.4 Å². The highest BCUT2D eigenvalue weighted by molar-refractivity contribution is 7.86. The summed E-state index contributed by atoms with van der Waals surface area (Å²) in [5.74, 6) is -1.67. The number of nitrogens with two attached hydrogens (primary N) is 1. The molecule has 0 bridgehead atoms. The summed E-state index contributed by atoms with van der Waals surface area (Å²) in [7, 11) is -9.55. The molecule has 0 saturated carbocycles. The number of para-hydroxylation sites is 1. The highest BCUT2D eigenvalue weighted by Gasteiger charge is 2.37. The van der Waals surface area contributed by atoms with E-state index in [1.165, 1.54) is 0 Å². The van der Waals surface area contributed by atoms with Gasteiger partial charge in [-0.15, -0.1) is 0 Å². The van der Waals surface area contributed by atoms with E-state index in [0.717, 1.165) is 29.8 Å². The van der Waals surface area contributed by atoms with Crippen LogP contribution >= 0.6 is 0 Å². The number of fused-ring (bicyclic) bond motifs is 2. The minimum Gasteiger partial charge on any atom is -0.397 e. The highest BCUT2D eigenvalue weighted by Crippen LogP contribution is 2.40. The Morgan fingerprint density at radius 1 is 0.788 bits per heavy atom. The van der Waals surface area contributed by atoms with Gasteiger partial charge in [0.25, 0.3) is 20.2 Å². The van der Waals surface area contributed by atoms with Gasteiger partial charge in [0, 0.05) is 16.8 Å². The molecule has 0 unspecified atom stereocenters. The average molecular weight is 488 g/mol. The number of anilines is 3. The average Bonchev–Trinajstić information content (AvgIpc) is 2.72. The highest BCUT2D eigenvalue weighted by atomic mass is 32.2. The van der Waals surface area contributed by atoms with Crippen molar-refractivity contribution < 1.29 is 35.5 Å². The molecule has 0 heterocycles. The van der Waals surface area contributed by atoms with Crippen LogP contribution in [0.3, 0.4) is 0 Å². The maximum Gasteiger partial charge on any atom is 0.296 e. The lowest BCUT2D eigenvalue weighted by Crippen LogP contribution is -2.25. The van der Waals surface area contributed by atoms with Gasteiger partial charge in [0.1, 0.15) is 4.90 Å². The van der Waals surface area contributed by atoms with E-state index in [2.05, 4.69) is 5.32 Å². The molecule has 0 amide bonds. The van der Waals surface area contributed by atoms with Crippen LogP contribution in [0, 0.1) is 6.92 Å². The molecule has 5 N–H and O–H groups in total. The molecule has 0 atom stereocenters. The van der Waals surface area contributed by atoms with Crippen molar-refractivity contribution in [1.29, 1.82) is 0 Å². The zero-order chi connectivity index (χ0) is 24.3. The number of carbonyl (C=O) groups is 2. The number of benzene rings is 3. The van der Waals surface area contributed by atoms with E-state index < -0.39 is 52.8 Å². The summed E-state index contributed by atoms with van der Waals surface area (Å²) in [4.78, 5) is 25.3. The Kier molecular flexibility index (Phi) is 5.13. The molecule has 10 nitrogen and oxygen atoms in total. The molecule has 3 aromatic rings. The lowest BCUT2D eigenvalue weighted by atomic mass is 9.82. The minimum absolute atomic E-state index is 0.137. The number of ketones is 2. The quantitative estimate of drug-likeness (QED) is 0.246. The first-order valence-corrected chi connectivity index (χ1v) is 12.2. The van der Waals surface area contributed by atoms with E-state index >= 15 is 0 Å². The summed E-state index contributed by atoms with van der Waals surface area (Å²) in [5.41, 5.74) is 5.07. The smallest absolute Gasteiger partial charge is 0.296 e. The molecule has 3 aromatic carbocycles. The summed E-state index contributed by atoms with van der Waals surface area (Å²) < 4.78 is 66.0. The Morgan fingerprint density at radius 3 is 2.03 bits per heavy atom. The summed E-state index contributed by atoms with van der Waals surface area (Å²) in [6.07, 6.45) is 0.